The molecule has 2 amide bonds. The van der Waals surface area contributed by atoms with Crippen LogP contribution in [0.1, 0.15) is 24.4 Å². The fourth-order valence-electron chi connectivity index (χ4n) is 3.28. The van der Waals surface area contributed by atoms with Crippen LogP contribution in [0.2, 0.25) is 5.02 Å². The first-order chi connectivity index (χ1) is 11.2. The molecular formula is C17H24ClN3O2. The second-order valence-corrected chi connectivity index (χ2v) is 6.54. The summed E-state index contributed by atoms with van der Waals surface area (Å²) in [6.45, 7) is 5.54. The Labute approximate surface area is 142 Å². The van der Waals surface area contributed by atoms with Gasteiger partial charge in [0.05, 0.1) is 19.3 Å². The number of carbonyl (C=O) groups excluding carboxylic acids is 1. The number of carbonyl (C=O) groups is 1. The topological polar surface area (TPSA) is 44.8 Å². The molecule has 0 saturated carbocycles. The number of morpholine rings is 1. The molecule has 1 N–H and O–H groups in total. The van der Waals surface area contributed by atoms with Crippen LogP contribution >= 0.6 is 11.6 Å². The number of hydrogen-bond acceptors (Lipinski definition) is 3. The van der Waals surface area contributed by atoms with Crippen LogP contribution in [0.15, 0.2) is 24.3 Å². The molecule has 2 fully saturated rings. The van der Waals surface area contributed by atoms with Crippen molar-refractivity contribution in [1.82, 2.24) is 15.1 Å². The van der Waals surface area contributed by atoms with Gasteiger partial charge in [0.2, 0.25) is 0 Å². The first-order valence-corrected chi connectivity index (χ1v) is 8.72. The van der Waals surface area contributed by atoms with Gasteiger partial charge >= 0.3 is 6.03 Å². The number of amides is 2. The molecule has 0 radical (unpaired) electrons. The highest BCUT2D eigenvalue weighted by atomic mass is 35.5. The second-order valence-electron chi connectivity index (χ2n) is 6.10. The van der Waals surface area contributed by atoms with Crippen molar-refractivity contribution in [3.8, 4) is 0 Å². The van der Waals surface area contributed by atoms with Gasteiger partial charge in [-0.3, -0.25) is 4.90 Å². The number of benzene rings is 1. The minimum atomic E-state index is 0.0442. The zero-order valence-corrected chi connectivity index (χ0v) is 14.1. The molecule has 0 aliphatic carbocycles. The average Bonchev–Trinajstić information content (AvgIpc) is 3.10. The number of rotatable bonds is 4. The van der Waals surface area contributed by atoms with Gasteiger partial charge < -0.3 is 15.0 Å². The van der Waals surface area contributed by atoms with Crippen molar-refractivity contribution in [3.63, 3.8) is 0 Å². The number of hydrogen-bond donors (Lipinski definition) is 1. The number of nitrogens with one attached hydrogen (secondary N) is 1. The summed E-state index contributed by atoms with van der Waals surface area (Å²) in [6.07, 6.45) is 2.21. The molecule has 126 valence electrons. The first kappa shape index (κ1) is 16.6. The SMILES string of the molecule is O=C(NCC(c1cccc(Cl)c1)N1CCOCC1)N1CCCC1. The maximum Gasteiger partial charge on any atom is 0.317 e. The number of urea groups is 1. The molecule has 0 spiro atoms. The van der Waals surface area contributed by atoms with Gasteiger partial charge in [-0.2, -0.15) is 0 Å². The zero-order valence-electron chi connectivity index (χ0n) is 13.3. The molecular weight excluding hydrogens is 314 g/mol. The Hall–Kier alpha value is -1.30. The van der Waals surface area contributed by atoms with Crippen LogP contribution in [0.3, 0.4) is 0 Å². The van der Waals surface area contributed by atoms with Crippen LogP contribution in [-0.4, -0.2) is 61.8 Å². The quantitative estimate of drug-likeness (QED) is 0.918. The van der Waals surface area contributed by atoms with Gasteiger partial charge in [0.25, 0.3) is 0 Å². The summed E-state index contributed by atoms with van der Waals surface area (Å²) in [4.78, 5) is 16.5. The number of nitrogens with zero attached hydrogens (tertiary/aromatic N) is 2. The first-order valence-electron chi connectivity index (χ1n) is 8.34. The van der Waals surface area contributed by atoms with E-state index in [0.717, 1.165) is 62.8 Å². The van der Waals surface area contributed by atoms with E-state index in [1.54, 1.807) is 0 Å². The summed E-state index contributed by atoms with van der Waals surface area (Å²) in [5, 5.41) is 3.83. The Kier molecular flexibility index (Phi) is 5.75. The largest absolute Gasteiger partial charge is 0.379 e. The molecule has 1 atom stereocenters. The van der Waals surface area contributed by atoms with Crippen molar-refractivity contribution in [2.45, 2.75) is 18.9 Å². The number of ether oxygens (including phenoxy) is 1. The second kappa shape index (κ2) is 7.99. The van der Waals surface area contributed by atoms with Gasteiger partial charge in [-0.15, -0.1) is 0 Å². The molecule has 2 heterocycles. The van der Waals surface area contributed by atoms with E-state index in [-0.39, 0.29) is 12.1 Å². The van der Waals surface area contributed by atoms with Gasteiger partial charge in [-0.25, -0.2) is 4.79 Å². The summed E-state index contributed by atoms with van der Waals surface area (Å²) in [6, 6.07) is 8.09. The molecule has 2 aliphatic heterocycles. The van der Waals surface area contributed by atoms with Gasteiger partial charge in [0.15, 0.2) is 0 Å². The van der Waals surface area contributed by atoms with Crippen LogP contribution in [0.25, 0.3) is 0 Å². The van der Waals surface area contributed by atoms with Crippen molar-refractivity contribution >= 4 is 17.6 Å². The normalized spacial score (nSPS) is 20.5. The molecule has 2 saturated heterocycles. The lowest BCUT2D eigenvalue weighted by atomic mass is 10.0. The van der Waals surface area contributed by atoms with E-state index in [4.69, 9.17) is 16.3 Å². The van der Waals surface area contributed by atoms with E-state index in [2.05, 4.69) is 16.3 Å². The van der Waals surface area contributed by atoms with E-state index < -0.39 is 0 Å². The Morgan fingerprint density at radius 3 is 2.65 bits per heavy atom. The number of halogens is 1. The van der Waals surface area contributed by atoms with Crippen molar-refractivity contribution in [2.75, 3.05) is 45.9 Å². The lowest BCUT2D eigenvalue weighted by Gasteiger charge is -2.35. The summed E-state index contributed by atoms with van der Waals surface area (Å²) in [7, 11) is 0. The maximum atomic E-state index is 12.3. The summed E-state index contributed by atoms with van der Waals surface area (Å²) < 4.78 is 5.45. The molecule has 1 unspecified atom stereocenters. The van der Waals surface area contributed by atoms with Crippen molar-refractivity contribution in [3.05, 3.63) is 34.9 Å². The lowest BCUT2D eigenvalue weighted by molar-refractivity contribution is 0.0165. The standard InChI is InChI=1S/C17H24ClN3O2/c18-15-5-3-4-14(12-15)16(20-8-10-23-11-9-20)13-19-17(22)21-6-1-2-7-21/h3-5,12,16H,1-2,6-11,13H2,(H,19,22). The van der Waals surface area contributed by atoms with Crippen LogP contribution in [0.5, 0.6) is 0 Å². The fraction of sp³-hybridized carbons (Fsp3) is 0.588. The van der Waals surface area contributed by atoms with Gasteiger partial charge in [0.1, 0.15) is 0 Å². The molecule has 1 aromatic carbocycles. The fourth-order valence-corrected chi connectivity index (χ4v) is 3.48. The highest BCUT2D eigenvalue weighted by molar-refractivity contribution is 6.30. The Morgan fingerprint density at radius 1 is 1.22 bits per heavy atom. The Balaban J connectivity index is 1.68. The third-order valence-corrected chi connectivity index (χ3v) is 4.79. The molecule has 5 nitrogen and oxygen atoms in total. The van der Waals surface area contributed by atoms with Gasteiger partial charge in [0, 0.05) is 37.7 Å². The average molecular weight is 338 g/mol. The van der Waals surface area contributed by atoms with Gasteiger partial charge in [-0.05, 0) is 30.5 Å². The highest BCUT2D eigenvalue weighted by Gasteiger charge is 2.25. The zero-order chi connectivity index (χ0) is 16.1. The maximum absolute atomic E-state index is 12.3. The minimum absolute atomic E-state index is 0.0442. The summed E-state index contributed by atoms with van der Waals surface area (Å²) in [5.74, 6) is 0. The molecule has 0 bridgehead atoms. The third-order valence-electron chi connectivity index (χ3n) is 4.56. The molecule has 1 aromatic rings. The van der Waals surface area contributed by atoms with Crippen molar-refractivity contribution in [2.24, 2.45) is 0 Å². The van der Waals surface area contributed by atoms with Crippen LogP contribution < -0.4 is 5.32 Å². The van der Waals surface area contributed by atoms with E-state index in [1.807, 2.05) is 23.1 Å². The number of likely N-dealkylation sites (tertiary alicyclic amines) is 1. The smallest absolute Gasteiger partial charge is 0.317 e. The van der Waals surface area contributed by atoms with E-state index in [1.165, 1.54) is 0 Å². The lowest BCUT2D eigenvalue weighted by Crippen LogP contribution is -2.46. The van der Waals surface area contributed by atoms with Crippen LogP contribution in [0.4, 0.5) is 4.79 Å². The Morgan fingerprint density at radius 2 is 1.96 bits per heavy atom. The summed E-state index contributed by atoms with van der Waals surface area (Å²) >= 11 is 6.16. The molecule has 3 rings (SSSR count). The molecule has 23 heavy (non-hydrogen) atoms. The van der Waals surface area contributed by atoms with Crippen molar-refractivity contribution in [1.29, 1.82) is 0 Å². The van der Waals surface area contributed by atoms with Crippen molar-refractivity contribution < 1.29 is 9.53 Å². The van der Waals surface area contributed by atoms with Crippen LogP contribution in [0, 0.1) is 0 Å². The summed E-state index contributed by atoms with van der Waals surface area (Å²) in [5.41, 5.74) is 1.14. The third kappa shape index (κ3) is 4.37. The van der Waals surface area contributed by atoms with E-state index in [0.29, 0.717) is 6.54 Å². The highest BCUT2D eigenvalue weighted by Crippen LogP contribution is 2.24. The van der Waals surface area contributed by atoms with Gasteiger partial charge in [-0.1, -0.05) is 23.7 Å². The minimum Gasteiger partial charge on any atom is -0.379 e. The van der Waals surface area contributed by atoms with E-state index in [9.17, 15) is 4.79 Å². The predicted octanol–water partition coefficient (Wildman–Crippen LogP) is 2.52. The molecule has 0 aromatic heterocycles. The Bertz CT molecular complexity index is 528. The monoisotopic (exact) mass is 337 g/mol. The molecule has 2 aliphatic rings. The van der Waals surface area contributed by atoms with Crippen LogP contribution in [-0.2, 0) is 4.74 Å². The van der Waals surface area contributed by atoms with E-state index >= 15 is 0 Å². The predicted molar refractivity (Wildman–Crippen MR) is 90.8 cm³/mol. The molecule has 6 heteroatoms.